The van der Waals surface area contributed by atoms with Crippen LogP contribution in [0.3, 0.4) is 0 Å². The number of rotatable bonds is 6. The van der Waals surface area contributed by atoms with E-state index in [0.29, 0.717) is 5.13 Å². The van der Waals surface area contributed by atoms with Crippen LogP contribution < -0.4 is 10.1 Å². The number of benzene rings is 1. The van der Waals surface area contributed by atoms with Gasteiger partial charge in [0.2, 0.25) is 5.91 Å². The summed E-state index contributed by atoms with van der Waals surface area (Å²) in [5.41, 5.74) is 2.89. The Morgan fingerprint density at radius 3 is 2.87 bits per heavy atom. The third-order valence-electron chi connectivity index (χ3n) is 5.36. The maximum absolute atomic E-state index is 12.8. The Bertz CT molecular complexity index is 1030. The van der Waals surface area contributed by atoms with E-state index in [1.54, 1.807) is 13.3 Å². The molecule has 6 nitrogen and oxygen atoms in total. The molecule has 1 aliphatic rings. The van der Waals surface area contributed by atoms with Gasteiger partial charge in [0.05, 0.1) is 35.7 Å². The van der Waals surface area contributed by atoms with E-state index in [1.807, 2.05) is 38.2 Å². The zero-order valence-electron chi connectivity index (χ0n) is 17.6. The van der Waals surface area contributed by atoms with Gasteiger partial charge in [-0.15, -0.1) is 0 Å². The number of aromatic nitrogens is 2. The highest BCUT2D eigenvalue weighted by Crippen LogP contribution is 2.33. The van der Waals surface area contributed by atoms with Gasteiger partial charge < -0.3 is 14.8 Å². The summed E-state index contributed by atoms with van der Waals surface area (Å²) in [5, 5.41) is 3.67. The summed E-state index contributed by atoms with van der Waals surface area (Å²) >= 11 is 1.49. The normalized spacial score (nSPS) is 19.2. The van der Waals surface area contributed by atoms with E-state index < -0.39 is 0 Å². The summed E-state index contributed by atoms with van der Waals surface area (Å²) in [6.07, 6.45) is 7.59. The van der Waals surface area contributed by atoms with Gasteiger partial charge in [-0.05, 0) is 56.9 Å². The number of fused-ring (bicyclic) bond motifs is 1. The first-order valence-electron chi connectivity index (χ1n) is 10.4. The van der Waals surface area contributed by atoms with Crippen LogP contribution in [0.2, 0.25) is 0 Å². The smallest absolute Gasteiger partial charge is 0.229 e. The molecule has 0 aliphatic heterocycles. The second kappa shape index (κ2) is 9.10. The summed E-state index contributed by atoms with van der Waals surface area (Å²) in [4.78, 5) is 21.6. The van der Waals surface area contributed by atoms with Crippen molar-refractivity contribution in [3.8, 4) is 16.9 Å². The van der Waals surface area contributed by atoms with Crippen LogP contribution in [0.4, 0.5) is 5.13 Å². The van der Waals surface area contributed by atoms with E-state index in [9.17, 15) is 4.79 Å². The number of ether oxygens (including phenoxy) is 2. The molecule has 2 heterocycles. The molecule has 2 unspecified atom stereocenters. The van der Waals surface area contributed by atoms with Gasteiger partial charge in [-0.3, -0.25) is 9.78 Å². The molecule has 1 saturated carbocycles. The molecule has 0 radical (unpaired) electrons. The number of thiazole rings is 1. The Morgan fingerprint density at radius 2 is 2.07 bits per heavy atom. The Kier molecular flexibility index (Phi) is 6.29. The number of methoxy groups -OCH3 is 1. The number of pyridine rings is 1. The first-order chi connectivity index (χ1) is 14.5. The van der Waals surface area contributed by atoms with Crippen LogP contribution in [-0.4, -0.2) is 35.2 Å². The molecule has 1 fully saturated rings. The van der Waals surface area contributed by atoms with E-state index in [-0.39, 0.29) is 24.0 Å². The van der Waals surface area contributed by atoms with Crippen molar-refractivity contribution in [2.75, 3.05) is 12.4 Å². The summed E-state index contributed by atoms with van der Waals surface area (Å²) in [5.74, 6) is 0.744. The lowest BCUT2D eigenvalue weighted by molar-refractivity contribution is -0.123. The minimum absolute atomic E-state index is 0.0204. The molecule has 1 aromatic carbocycles. The monoisotopic (exact) mass is 425 g/mol. The van der Waals surface area contributed by atoms with Gasteiger partial charge in [0.25, 0.3) is 0 Å². The molecule has 2 atom stereocenters. The van der Waals surface area contributed by atoms with Gasteiger partial charge >= 0.3 is 0 Å². The molecule has 4 rings (SSSR count). The van der Waals surface area contributed by atoms with Gasteiger partial charge in [0.15, 0.2) is 5.13 Å². The quantitative estimate of drug-likeness (QED) is 0.581. The van der Waals surface area contributed by atoms with Crippen LogP contribution in [-0.2, 0) is 9.53 Å². The molecule has 0 spiro atoms. The van der Waals surface area contributed by atoms with Gasteiger partial charge in [0.1, 0.15) is 5.75 Å². The molecule has 2 aromatic heterocycles. The third-order valence-corrected chi connectivity index (χ3v) is 6.30. The first kappa shape index (κ1) is 20.8. The van der Waals surface area contributed by atoms with Crippen molar-refractivity contribution in [3.63, 3.8) is 0 Å². The SMILES string of the molecule is COc1cncc(-c2ccc3nc(NC(=O)C4CCCC(OC(C)C)C4)sc3c2)c1. The van der Waals surface area contributed by atoms with Gasteiger partial charge in [0, 0.05) is 17.7 Å². The summed E-state index contributed by atoms with van der Waals surface area (Å²) in [6, 6.07) is 8.02. The van der Waals surface area contributed by atoms with Crippen molar-refractivity contribution < 1.29 is 14.3 Å². The number of carbonyl (C=O) groups is 1. The van der Waals surface area contributed by atoms with E-state index in [0.717, 1.165) is 52.8 Å². The number of amides is 1. The van der Waals surface area contributed by atoms with Crippen LogP contribution in [0, 0.1) is 5.92 Å². The topological polar surface area (TPSA) is 73.3 Å². The van der Waals surface area contributed by atoms with Crippen molar-refractivity contribution in [2.45, 2.75) is 51.7 Å². The molecule has 158 valence electrons. The largest absolute Gasteiger partial charge is 0.495 e. The second-order valence-corrected chi connectivity index (χ2v) is 9.01. The Balaban J connectivity index is 1.47. The molecule has 1 aliphatic carbocycles. The van der Waals surface area contributed by atoms with E-state index >= 15 is 0 Å². The van der Waals surface area contributed by atoms with Crippen LogP contribution in [0.25, 0.3) is 21.3 Å². The number of carbonyl (C=O) groups excluding carboxylic acids is 1. The maximum atomic E-state index is 12.8. The minimum Gasteiger partial charge on any atom is -0.495 e. The molecule has 0 bridgehead atoms. The summed E-state index contributed by atoms with van der Waals surface area (Å²) in [6.45, 7) is 4.08. The molecule has 0 saturated heterocycles. The van der Waals surface area contributed by atoms with E-state index in [4.69, 9.17) is 9.47 Å². The maximum Gasteiger partial charge on any atom is 0.229 e. The van der Waals surface area contributed by atoms with Crippen LogP contribution in [0.15, 0.2) is 36.7 Å². The number of hydrogen-bond acceptors (Lipinski definition) is 6. The fraction of sp³-hybridized carbons (Fsp3) is 0.435. The number of hydrogen-bond donors (Lipinski definition) is 1. The van der Waals surface area contributed by atoms with Crippen LogP contribution in [0.1, 0.15) is 39.5 Å². The van der Waals surface area contributed by atoms with Crippen LogP contribution in [0.5, 0.6) is 5.75 Å². The van der Waals surface area contributed by atoms with Crippen molar-refractivity contribution in [2.24, 2.45) is 5.92 Å². The highest BCUT2D eigenvalue weighted by Gasteiger charge is 2.28. The zero-order chi connectivity index (χ0) is 21.1. The lowest BCUT2D eigenvalue weighted by atomic mass is 9.86. The molecule has 7 heteroatoms. The highest BCUT2D eigenvalue weighted by atomic mass is 32.1. The van der Waals surface area contributed by atoms with Crippen molar-refractivity contribution in [1.82, 2.24) is 9.97 Å². The fourth-order valence-corrected chi connectivity index (χ4v) is 4.85. The average Bonchev–Trinajstić information content (AvgIpc) is 3.15. The highest BCUT2D eigenvalue weighted by molar-refractivity contribution is 7.22. The predicted molar refractivity (Wildman–Crippen MR) is 120 cm³/mol. The average molecular weight is 426 g/mol. The fourth-order valence-electron chi connectivity index (χ4n) is 3.95. The number of nitrogens with zero attached hydrogens (tertiary/aromatic N) is 2. The van der Waals surface area contributed by atoms with Gasteiger partial charge in [-0.1, -0.05) is 23.8 Å². The van der Waals surface area contributed by atoms with E-state index in [2.05, 4.69) is 21.4 Å². The van der Waals surface area contributed by atoms with E-state index in [1.165, 1.54) is 11.3 Å². The van der Waals surface area contributed by atoms with Crippen molar-refractivity contribution in [3.05, 3.63) is 36.7 Å². The Morgan fingerprint density at radius 1 is 1.20 bits per heavy atom. The molecule has 30 heavy (non-hydrogen) atoms. The molecule has 1 N–H and O–H groups in total. The Hall–Kier alpha value is -2.51. The summed E-state index contributed by atoms with van der Waals surface area (Å²) < 4.78 is 12.2. The lowest BCUT2D eigenvalue weighted by Crippen LogP contribution is -2.32. The number of anilines is 1. The van der Waals surface area contributed by atoms with Gasteiger partial charge in [-0.2, -0.15) is 0 Å². The lowest BCUT2D eigenvalue weighted by Gasteiger charge is -2.29. The molecule has 1 amide bonds. The van der Waals surface area contributed by atoms with Crippen molar-refractivity contribution in [1.29, 1.82) is 0 Å². The Labute approximate surface area is 180 Å². The van der Waals surface area contributed by atoms with Crippen molar-refractivity contribution >= 4 is 32.6 Å². The van der Waals surface area contributed by atoms with Crippen LogP contribution >= 0.6 is 11.3 Å². The third kappa shape index (κ3) is 4.79. The molecule has 3 aromatic rings. The predicted octanol–water partition coefficient (Wildman–Crippen LogP) is 5.29. The first-order valence-corrected chi connectivity index (χ1v) is 11.2. The minimum atomic E-state index is -0.0204. The second-order valence-electron chi connectivity index (χ2n) is 7.97. The number of nitrogens with one attached hydrogen (secondary N) is 1. The standard InChI is InChI=1S/C23H27N3O3S/c1-14(2)29-18-6-4-5-16(9-18)22(27)26-23-25-20-8-7-15(11-21(20)30-23)17-10-19(28-3)13-24-12-17/h7-8,10-14,16,18H,4-6,9H2,1-3H3,(H,25,26,27). The molecular formula is C23H27N3O3S. The molecular weight excluding hydrogens is 398 g/mol. The summed E-state index contributed by atoms with van der Waals surface area (Å²) in [7, 11) is 1.63. The van der Waals surface area contributed by atoms with Gasteiger partial charge in [-0.25, -0.2) is 4.98 Å². The zero-order valence-corrected chi connectivity index (χ0v) is 18.4.